The van der Waals surface area contributed by atoms with E-state index in [-0.39, 0.29) is 29.8 Å². The first-order valence-corrected chi connectivity index (χ1v) is 7.64. The van der Waals surface area contributed by atoms with Crippen molar-refractivity contribution in [2.45, 2.75) is 33.7 Å². The molecule has 4 nitrogen and oxygen atoms in total. The largest absolute Gasteiger partial charge is 0.370 e. The number of anilines is 1. The van der Waals surface area contributed by atoms with Crippen molar-refractivity contribution < 1.29 is 4.39 Å². The Kier molecular flexibility index (Phi) is 11.0. The third kappa shape index (κ3) is 6.37. The Balaban J connectivity index is 0.00000441. The number of hydrogen-bond acceptors (Lipinski definition) is 2. The Labute approximate surface area is 150 Å². The predicted molar refractivity (Wildman–Crippen MR) is 104 cm³/mol. The Morgan fingerprint density at radius 1 is 1.18 bits per heavy atom. The lowest BCUT2D eigenvalue weighted by Gasteiger charge is -2.22. The average molecular weight is 422 g/mol. The van der Waals surface area contributed by atoms with Crippen LogP contribution >= 0.6 is 24.0 Å². The Bertz CT molecular complexity index is 461. The molecule has 126 valence electrons. The minimum Gasteiger partial charge on any atom is -0.370 e. The van der Waals surface area contributed by atoms with E-state index in [1.54, 1.807) is 13.1 Å². The first kappa shape index (κ1) is 20.9. The minimum absolute atomic E-state index is 0. The van der Waals surface area contributed by atoms with Crippen LogP contribution in [0.5, 0.6) is 0 Å². The molecule has 0 saturated heterocycles. The van der Waals surface area contributed by atoms with E-state index in [0.29, 0.717) is 12.2 Å². The lowest BCUT2D eigenvalue weighted by Crippen LogP contribution is -2.37. The highest BCUT2D eigenvalue weighted by Gasteiger charge is 2.09. The van der Waals surface area contributed by atoms with Crippen LogP contribution < -0.4 is 15.5 Å². The molecule has 0 amide bonds. The van der Waals surface area contributed by atoms with Gasteiger partial charge < -0.3 is 15.5 Å². The molecule has 22 heavy (non-hydrogen) atoms. The first-order chi connectivity index (χ1) is 10.2. The molecule has 0 radical (unpaired) electrons. The number of rotatable bonds is 7. The van der Waals surface area contributed by atoms with E-state index in [0.717, 1.165) is 37.6 Å². The normalized spacial score (nSPS) is 10.9. The zero-order chi connectivity index (χ0) is 15.7. The fraction of sp³-hybridized carbons (Fsp3) is 0.562. The average Bonchev–Trinajstić information content (AvgIpc) is 2.50. The molecule has 0 fully saturated rings. The lowest BCUT2D eigenvalue weighted by atomic mass is 10.2. The van der Waals surface area contributed by atoms with Crippen molar-refractivity contribution in [1.82, 2.24) is 10.6 Å². The van der Waals surface area contributed by atoms with Gasteiger partial charge in [-0.15, -0.1) is 24.0 Å². The van der Waals surface area contributed by atoms with Gasteiger partial charge in [-0.3, -0.25) is 4.99 Å². The maximum Gasteiger partial charge on any atom is 0.191 e. The summed E-state index contributed by atoms with van der Waals surface area (Å²) in [5.41, 5.74) is 1.57. The molecule has 0 unspecified atom stereocenters. The summed E-state index contributed by atoms with van der Waals surface area (Å²) in [5.74, 6) is 0.569. The molecule has 2 N–H and O–H groups in total. The maximum absolute atomic E-state index is 14.2. The second-order valence-electron chi connectivity index (χ2n) is 4.81. The molecule has 1 aromatic carbocycles. The molecule has 0 bridgehead atoms. The van der Waals surface area contributed by atoms with Crippen LogP contribution in [0.2, 0.25) is 0 Å². The molecular weight excluding hydrogens is 394 g/mol. The Morgan fingerprint density at radius 3 is 2.36 bits per heavy atom. The van der Waals surface area contributed by atoms with Gasteiger partial charge in [0.25, 0.3) is 0 Å². The number of guanidine groups is 1. The third-order valence-corrected chi connectivity index (χ3v) is 3.34. The smallest absolute Gasteiger partial charge is 0.191 e. The molecule has 6 heteroatoms. The van der Waals surface area contributed by atoms with E-state index in [1.807, 2.05) is 30.9 Å². The van der Waals surface area contributed by atoms with Crippen LogP contribution in [0.15, 0.2) is 23.2 Å². The molecule has 0 atom stereocenters. The van der Waals surface area contributed by atoms with Gasteiger partial charge in [-0.2, -0.15) is 0 Å². The van der Waals surface area contributed by atoms with Crippen molar-refractivity contribution in [3.8, 4) is 0 Å². The fourth-order valence-corrected chi connectivity index (χ4v) is 2.13. The van der Waals surface area contributed by atoms with E-state index in [4.69, 9.17) is 0 Å². The monoisotopic (exact) mass is 422 g/mol. The Hall–Kier alpha value is -1.05. The van der Waals surface area contributed by atoms with Crippen LogP contribution in [0.1, 0.15) is 32.8 Å². The molecule has 0 aromatic heterocycles. The molecule has 0 saturated carbocycles. The van der Waals surface area contributed by atoms with Gasteiger partial charge in [0.2, 0.25) is 0 Å². The van der Waals surface area contributed by atoms with Crippen LogP contribution in [-0.2, 0) is 6.54 Å². The van der Waals surface area contributed by atoms with Crippen molar-refractivity contribution in [3.63, 3.8) is 0 Å². The zero-order valence-electron chi connectivity index (χ0n) is 13.9. The van der Waals surface area contributed by atoms with E-state index in [2.05, 4.69) is 22.5 Å². The molecule has 0 aliphatic heterocycles. The molecule has 1 rings (SSSR count). The third-order valence-electron chi connectivity index (χ3n) is 3.34. The fourth-order valence-electron chi connectivity index (χ4n) is 2.13. The number of nitrogens with zero attached hydrogens (tertiary/aromatic N) is 2. The van der Waals surface area contributed by atoms with E-state index in [1.165, 1.54) is 0 Å². The molecule has 0 heterocycles. The van der Waals surface area contributed by atoms with Gasteiger partial charge in [0.05, 0.1) is 5.69 Å². The van der Waals surface area contributed by atoms with Gasteiger partial charge in [-0.25, -0.2) is 4.39 Å². The van der Waals surface area contributed by atoms with Crippen molar-refractivity contribution in [2.75, 3.05) is 31.6 Å². The van der Waals surface area contributed by atoms with E-state index in [9.17, 15) is 4.39 Å². The van der Waals surface area contributed by atoms with E-state index >= 15 is 0 Å². The summed E-state index contributed by atoms with van der Waals surface area (Å²) < 4.78 is 14.2. The summed E-state index contributed by atoms with van der Waals surface area (Å²) in [7, 11) is 1.73. The van der Waals surface area contributed by atoms with Crippen LogP contribution in [0.4, 0.5) is 10.1 Å². The number of nitrogens with one attached hydrogen (secondary N) is 2. The van der Waals surface area contributed by atoms with Gasteiger partial charge >= 0.3 is 0 Å². The highest BCUT2D eigenvalue weighted by molar-refractivity contribution is 14.0. The van der Waals surface area contributed by atoms with Crippen molar-refractivity contribution >= 4 is 35.6 Å². The highest BCUT2D eigenvalue weighted by Crippen LogP contribution is 2.20. The highest BCUT2D eigenvalue weighted by atomic mass is 127. The summed E-state index contributed by atoms with van der Waals surface area (Å²) in [6.07, 6.45) is 1.04. The van der Waals surface area contributed by atoms with Gasteiger partial charge in [0.15, 0.2) is 5.96 Å². The summed E-state index contributed by atoms with van der Waals surface area (Å²) >= 11 is 0. The van der Waals surface area contributed by atoms with Crippen LogP contribution in [0.25, 0.3) is 0 Å². The summed E-state index contributed by atoms with van der Waals surface area (Å²) in [4.78, 5) is 6.14. The van der Waals surface area contributed by atoms with Crippen molar-refractivity contribution in [2.24, 2.45) is 4.99 Å². The molecule has 1 aromatic rings. The molecular formula is C16H28FIN4. The van der Waals surface area contributed by atoms with E-state index < -0.39 is 0 Å². The molecule has 0 aliphatic rings. The van der Waals surface area contributed by atoms with Gasteiger partial charge in [-0.05, 0) is 38.0 Å². The SMILES string of the molecule is CCCNC(=NC)NCc1ccc(N(CC)CC)c(F)c1.I. The quantitative estimate of drug-likeness (QED) is 0.402. The van der Waals surface area contributed by atoms with Crippen LogP contribution in [0.3, 0.4) is 0 Å². The van der Waals surface area contributed by atoms with Gasteiger partial charge in [-0.1, -0.05) is 13.0 Å². The van der Waals surface area contributed by atoms with Crippen molar-refractivity contribution in [3.05, 3.63) is 29.6 Å². The zero-order valence-corrected chi connectivity index (χ0v) is 16.3. The second-order valence-corrected chi connectivity index (χ2v) is 4.81. The number of hydrogen-bond donors (Lipinski definition) is 2. The Morgan fingerprint density at radius 2 is 1.86 bits per heavy atom. The lowest BCUT2D eigenvalue weighted by molar-refractivity contribution is 0.617. The van der Waals surface area contributed by atoms with Gasteiger partial charge in [0, 0.05) is 33.2 Å². The van der Waals surface area contributed by atoms with Crippen LogP contribution in [-0.4, -0.2) is 32.6 Å². The maximum atomic E-state index is 14.2. The summed E-state index contributed by atoms with van der Waals surface area (Å²) in [6.45, 7) is 9.19. The molecule has 0 spiro atoms. The number of benzene rings is 1. The molecule has 0 aliphatic carbocycles. The standard InChI is InChI=1S/C16H27FN4.HI/c1-5-10-19-16(18-4)20-12-13-8-9-15(14(17)11-13)21(6-2)7-3;/h8-9,11H,5-7,10,12H2,1-4H3,(H2,18,19,20);1H. The summed E-state index contributed by atoms with van der Waals surface area (Å²) in [6, 6.07) is 5.40. The van der Waals surface area contributed by atoms with Crippen molar-refractivity contribution in [1.29, 1.82) is 0 Å². The summed E-state index contributed by atoms with van der Waals surface area (Å²) in [5, 5.41) is 6.37. The predicted octanol–water partition coefficient (Wildman–Crippen LogP) is 3.36. The topological polar surface area (TPSA) is 39.7 Å². The minimum atomic E-state index is -0.172. The van der Waals surface area contributed by atoms with Crippen LogP contribution in [0, 0.1) is 5.82 Å². The van der Waals surface area contributed by atoms with Gasteiger partial charge in [0.1, 0.15) is 5.82 Å². The number of aliphatic imine (C=N–C) groups is 1. The number of halogens is 2. The second kappa shape index (κ2) is 11.5. The first-order valence-electron chi connectivity index (χ1n) is 7.64.